The Kier molecular flexibility index (Phi) is 5.96. The first-order chi connectivity index (χ1) is 10.3. The van der Waals surface area contributed by atoms with E-state index in [1.165, 1.54) is 0 Å². The van der Waals surface area contributed by atoms with Crippen LogP contribution >= 0.6 is 23.7 Å². The minimum atomic E-state index is -0.401. The van der Waals surface area contributed by atoms with Crippen LogP contribution in [0, 0.1) is 0 Å². The van der Waals surface area contributed by atoms with E-state index in [2.05, 4.69) is 10.3 Å². The maximum atomic E-state index is 12.0. The molecule has 1 aliphatic rings. The van der Waals surface area contributed by atoms with Crippen molar-refractivity contribution in [3.63, 3.8) is 0 Å². The standard InChI is InChI=1S/C14H17N3O3S.ClH/c15-6-10-3-4-11(20-10)13(18)16-7-9-8-19-14(17-9)12-2-1-5-21-12;/h1-2,5,8,10-11H,3-4,6-7,15H2,(H,16,18);1H/t10-,11+;/m1./s1. The van der Waals surface area contributed by atoms with Crippen molar-refractivity contribution in [3.8, 4) is 10.8 Å². The highest BCUT2D eigenvalue weighted by molar-refractivity contribution is 7.13. The number of hydrogen-bond acceptors (Lipinski definition) is 6. The molecule has 8 heteroatoms. The molecule has 2 aromatic heterocycles. The third-order valence-corrected chi connectivity index (χ3v) is 4.25. The number of nitrogens with one attached hydrogen (secondary N) is 1. The molecule has 2 aromatic rings. The number of halogens is 1. The molecule has 0 saturated carbocycles. The van der Waals surface area contributed by atoms with E-state index in [0.29, 0.717) is 31.1 Å². The number of oxazole rings is 1. The van der Waals surface area contributed by atoms with Gasteiger partial charge in [-0.15, -0.1) is 23.7 Å². The fourth-order valence-corrected chi connectivity index (χ4v) is 2.92. The van der Waals surface area contributed by atoms with Crippen LogP contribution in [0.15, 0.2) is 28.2 Å². The van der Waals surface area contributed by atoms with E-state index in [0.717, 1.165) is 11.3 Å². The fourth-order valence-electron chi connectivity index (χ4n) is 2.27. The van der Waals surface area contributed by atoms with Crippen molar-refractivity contribution >= 4 is 29.7 Å². The fraction of sp³-hybridized carbons (Fsp3) is 0.429. The summed E-state index contributed by atoms with van der Waals surface area (Å²) in [6, 6.07) is 3.88. The SMILES string of the molecule is Cl.NC[C@H]1CC[C@@H](C(=O)NCc2coc(-c3cccs3)n2)O1. The molecule has 22 heavy (non-hydrogen) atoms. The smallest absolute Gasteiger partial charge is 0.249 e. The average Bonchev–Trinajstić information content (AvgIpc) is 3.24. The van der Waals surface area contributed by atoms with E-state index < -0.39 is 6.10 Å². The minimum absolute atomic E-state index is 0. The number of rotatable bonds is 5. The van der Waals surface area contributed by atoms with Crippen LogP contribution in [0.5, 0.6) is 0 Å². The lowest BCUT2D eigenvalue weighted by Gasteiger charge is -2.11. The minimum Gasteiger partial charge on any atom is -0.443 e. The second-order valence-corrected chi connectivity index (χ2v) is 5.85. The van der Waals surface area contributed by atoms with Crippen molar-refractivity contribution in [1.82, 2.24) is 10.3 Å². The topological polar surface area (TPSA) is 90.4 Å². The van der Waals surface area contributed by atoms with Gasteiger partial charge in [-0.3, -0.25) is 4.79 Å². The normalized spacial score (nSPS) is 20.6. The Labute approximate surface area is 138 Å². The lowest BCUT2D eigenvalue weighted by Crippen LogP contribution is -2.35. The van der Waals surface area contributed by atoms with Gasteiger partial charge in [-0.2, -0.15) is 0 Å². The summed E-state index contributed by atoms with van der Waals surface area (Å²) in [7, 11) is 0. The van der Waals surface area contributed by atoms with Crippen LogP contribution in [0.3, 0.4) is 0 Å². The monoisotopic (exact) mass is 343 g/mol. The number of carbonyl (C=O) groups excluding carboxylic acids is 1. The first kappa shape index (κ1) is 17.0. The van der Waals surface area contributed by atoms with Crippen LogP contribution in [0.4, 0.5) is 0 Å². The first-order valence-corrected chi connectivity index (χ1v) is 7.75. The Hall–Kier alpha value is -1.41. The summed E-state index contributed by atoms with van der Waals surface area (Å²) >= 11 is 1.56. The van der Waals surface area contributed by atoms with E-state index in [-0.39, 0.29) is 24.4 Å². The van der Waals surface area contributed by atoms with Gasteiger partial charge in [0.05, 0.1) is 23.2 Å². The molecule has 0 spiro atoms. The Balaban J connectivity index is 0.00000176. The van der Waals surface area contributed by atoms with E-state index in [1.807, 2.05) is 17.5 Å². The average molecular weight is 344 g/mol. The van der Waals surface area contributed by atoms with Gasteiger partial charge >= 0.3 is 0 Å². The van der Waals surface area contributed by atoms with Gasteiger partial charge in [-0.05, 0) is 24.3 Å². The highest BCUT2D eigenvalue weighted by Gasteiger charge is 2.29. The molecule has 0 unspecified atom stereocenters. The van der Waals surface area contributed by atoms with Gasteiger partial charge in [-0.1, -0.05) is 6.07 Å². The second kappa shape index (κ2) is 7.73. The molecule has 3 heterocycles. The Morgan fingerprint density at radius 2 is 2.36 bits per heavy atom. The summed E-state index contributed by atoms with van der Waals surface area (Å²) in [5.74, 6) is 0.459. The Morgan fingerprint density at radius 1 is 1.50 bits per heavy atom. The maximum absolute atomic E-state index is 12.0. The van der Waals surface area contributed by atoms with Gasteiger partial charge in [0.2, 0.25) is 11.8 Å². The zero-order chi connectivity index (χ0) is 14.7. The van der Waals surface area contributed by atoms with Gasteiger partial charge in [0.15, 0.2) is 0 Å². The summed E-state index contributed by atoms with van der Waals surface area (Å²) in [5.41, 5.74) is 6.23. The predicted molar refractivity (Wildman–Crippen MR) is 85.9 cm³/mol. The van der Waals surface area contributed by atoms with Crippen molar-refractivity contribution in [2.24, 2.45) is 5.73 Å². The molecule has 3 N–H and O–H groups in total. The highest BCUT2D eigenvalue weighted by Crippen LogP contribution is 2.23. The van der Waals surface area contributed by atoms with Crippen molar-refractivity contribution in [3.05, 3.63) is 29.5 Å². The summed E-state index contributed by atoms with van der Waals surface area (Å²) in [4.78, 5) is 17.3. The first-order valence-electron chi connectivity index (χ1n) is 6.88. The van der Waals surface area contributed by atoms with Gasteiger partial charge < -0.3 is 20.2 Å². The van der Waals surface area contributed by atoms with Crippen LogP contribution in [0.25, 0.3) is 10.8 Å². The predicted octanol–water partition coefficient (Wildman–Crippen LogP) is 1.95. The molecular formula is C14H18ClN3O3S. The van der Waals surface area contributed by atoms with Crippen LogP contribution < -0.4 is 11.1 Å². The van der Waals surface area contributed by atoms with Gasteiger partial charge in [0.25, 0.3) is 0 Å². The van der Waals surface area contributed by atoms with Gasteiger partial charge in [0, 0.05) is 6.54 Å². The van der Waals surface area contributed by atoms with Gasteiger partial charge in [0.1, 0.15) is 12.4 Å². The molecule has 1 amide bonds. The molecule has 0 bridgehead atoms. The van der Waals surface area contributed by atoms with Crippen molar-refractivity contribution in [2.75, 3.05) is 6.54 Å². The molecule has 0 aromatic carbocycles. The number of ether oxygens (including phenoxy) is 1. The van der Waals surface area contributed by atoms with E-state index in [4.69, 9.17) is 14.9 Å². The maximum Gasteiger partial charge on any atom is 0.249 e. The number of amides is 1. The summed E-state index contributed by atoms with van der Waals surface area (Å²) in [5, 5.41) is 4.78. The number of thiophene rings is 1. The van der Waals surface area contributed by atoms with Crippen molar-refractivity contribution in [1.29, 1.82) is 0 Å². The van der Waals surface area contributed by atoms with Crippen molar-refractivity contribution in [2.45, 2.75) is 31.6 Å². The van der Waals surface area contributed by atoms with Crippen LogP contribution in [-0.2, 0) is 16.1 Å². The summed E-state index contributed by atoms with van der Waals surface area (Å²) in [6.07, 6.45) is 2.71. The Bertz CT molecular complexity index is 602. The van der Waals surface area contributed by atoms with E-state index in [9.17, 15) is 4.79 Å². The highest BCUT2D eigenvalue weighted by atomic mass is 35.5. The van der Waals surface area contributed by atoms with Crippen LogP contribution in [-0.4, -0.2) is 29.6 Å². The van der Waals surface area contributed by atoms with Crippen LogP contribution in [0.2, 0.25) is 0 Å². The molecule has 2 atom stereocenters. The Morgan fingerprint density at radius 3 is 3.05 bits per heavy atom. The lowest BCUT2D eigenvalue weighted by molar-refractivity contribution is -0.132. The molecule has 120 valence electrons. The number of carbonyl (C=O) groups is 1. The van der Waals surface area contributed by atoms with E-state index in [1.54, 1.807) is 17.6 Å². The summed E-state index contributed by atoms with van der Waals surface area (Å²) in [6.45, 7) is 0.790. The van der Waals surface area contributed by atoms with E-state index >= 15 is 0 Å². The third kappa shape index (κ3) is 3.86. The molecule has 0 aliphatic carbocycles. The third-order valence-electron chi connectivity index (χ3n) is 3.39. The molecule has 1 aliphatic heterocycles. The molecule has 1 fully saturated rings. The molecule has 1 saturated heterocycles. The second-order valence-electron chi connectivity index (χ2n) is 4.90. The lowest BCUT2D eigenvalue weighted by atomic mass is 10.2. The number of hydrogen-bond donors (Lipinski definition) is 2. The zero-order valence-electron chi connectivity index (χ0n) is 11.9. The zero-order valence-corrected chi connectivity index (χ0v) is 13.5. The molecule has 6 nitrogen and oxygen atoms in total. The summed E-state index contributed by atoms with van der Waals surface area (Å²) < 4.78 is 10.9. The van der Waals surface area contributed by atoms with Crippen LogP contribution in [0.1, 0.15) is 18.5 Å². The molecule has 0 radical (unpaired) electrons. The molecule has 3 rings (SSSR count). The number of nitrogens with zero attached hydrogens (tertiary/aromatic N) is 1. The number of nitrogens with two attached hydrogens (primary N) is 1. The number of aromatic nitrogens is 1. The molecular weight excluding hydrogens is 326 g/mol. The van der Waals surface area contributed by atoms with Gasteiger partial charge in [-0.25, -0.2) is 4.98 Å². The quantitative estimate of drug-likeness (QED) is 0.866. The largest absolute Gasteiger partial charge is 0.443 e. The van der Waals surface area contributed by atoms with Crippen molar-refractivity contribution < 1.29 is 13.9 Å².